The first-order valence-electron chi connectivity index (χ1n) is 16.9. The van der Waals surface area contributed by atoms with Gasteiger partial charge in [-0.1, -0.05) is 61.0 Å². The van der Waals surface area contributed by atoms with E-state index in [0.29, 0.717) is 56.4 Å². The van der Waals surface area contributed by atoms with Gasteiger partial charge in [0.25, 0.3) is 0 Å². The van der Waals surface area contributed by atoms with Crippen molar-refractivity contribution in [1.82, 2.24) is 10.2 Å². The normalized spacial score (nSPS) is 28.8. The second-order valence-electron chi connectivity index (χ2n) is 14.3. The number of carbonyl (C=O) groups is 2. The Morgan fingerprint density at radius 1 is 1.09 bits per heavy atom. The van der Waals surface area contributed by atoms with E-state index in [1.54, 1.807) is 4.90 Å². The van der Waals surface area contributed by atoms with Gasteiger partial charge in [0.1, 0.15) is 0 Å². The SMILES string of the molecule is CC1=CCC[C@@]2(C)[C@@H](CC[C@@]2(O)CN(C[C@H]2CCCO2)C(=O)NC(C)C)c2ccc(cc2C(=O)c2ccccc2)C[C@@H](O)CC1. The van der Waals surface area contributed by atoms with Crippen molar-refractivity contribution < 1.29 is 24.5 Å². The van der Waals surface area contributed by atoms with Crippen molar-refractivity contribution in [3.63, 3.8) is 0 Å². The molecule has 2 amide bonds. The summed E-state index contributed by atoms with van der Waals surface area (Å²) >= 11 is 0. The number of fused-ring (bicyclic) bond motifs is 8. The van der Waals surface area contributed by atoms with E-state index in [2.05, 4.69) is 31.3 Å². The smallest absolute Gasteiger partial charge is 0.317 e. The maximum Gasteiger partial charge on any atom is 0.317 e. The molecule has 0 spiro atoms. The molecular weight excluding hydrogens is 564 g/mol. The molecule has 1 saturated carbocycles. The molecule has 2 bridgehead atoms. The minimum atomic E-state index is -1.18. The fraction of sp³-hybridized carbons (Fsp3) is 0.579. The van der Waals surface area contributed by atoms with Crippen LogP contribution in [0.3, 0.4) is 0 Å². The monoisotopic (exact) mass is 616 g/mol. The Bertz CT molecular complexity index is 1370. The molecule has 7 heteroatoms. The average molecular weight is 617 g/mol. The van der Waals surface area contributed by atoms with Crippen molar-refractivity contribution in [1.29, 1.82) is 0 Å². The van der Waals surface area contributed by atoms with Crippen LogP contribution in [0.1, 0.15) is 112 Å². The molecule has 1 saturated heterocycles. The van der Waals surface area contributed by atoms with Crippen molar-refractivity contribution in [2.45, 2.75) is 115 Å². The zero-order valence-electron chi connectivity index (χ0n) is 27.6. The number of amides is 2. The molecule has 2 aromatic carbocycles. The largest absolute Gasteiger partial charge is 0.393 e. The number of aliphatic hydroxyl groups is 2. The summed E-state index contributed by atoms with van der Waals surface area (Å²) in [5.74, 6) is -0.141. The summed E-state index contributed by atoms with van der Waals surface area (Å²) in [7, 11) is 0. The molecule has 0 aromatic heterocycles. The lowest BCUT2D eigenvalue weighted by molar-refractivity contribution is -0.0808. The lowest BCUT2D eigenvalue weighted by Crippen LogP contribution is -2.57. The van der Waals surface area contributed by atoms with Crippen LogP contribution >= 0.6 is 0 Å². The zero-order chi connectivity index (χ0) is 32.2. The molecule has 3 aliphatic carbocycles. The Hall–Kier alpha value is -3.00. The van der Waals surface area contributed by atoms with Gasteiger partial charge in [0.15, 0.2) is 5.78 Å². The van der Waals surface area contributed by atoms with E-state index >= 15 is 0 Å². The summed E-state index contributed by atoms with van der Waals surface area (Å²) in [6, 6.07) is 15.2. The van der Waals surface area contributed by atoms with Crippen molar-refractivity contribution in [2.24, 2.45) is 5.41 Å². The summed E-state index contributed by atoms with van der Waals surface area (Å²) in [6.07, 6.45) is 8.22. The summed E-state index contributed by atoms with van der Waals surface area (Å²) in [4.78, 5) is 29.5. The van der Waals surface area contributed by atoms with Gasteiger partial charge >= 0.3 is 6.03 Å². The summed E-state index contributed by atoms with van der Waals surface area (Å²) in [6.45, 7) is 9.52. The van der Waals surface area contributed by atoms with Gasteiger partial charge in [-0.05, 0) is 102 Å². The standard InChI is InChI=1S/C38H52N2O5/c1-26(2)39-36(43)40(24-31-13-9-21-45-31)25-38(44)20-18-34-32-17-15-28(23-33(32)35(42)29-11-6-5-7-12-29)22-30(41)16-14-27(3)10-8-19-37(34,38)4/h5-7,10-12,15,17,23,26,30-31,34,41,44H,8-9,13-14,16,18-22,24-25H2,1-4H3,(H,39,43)/t30-,31+,34-,37-,38+/m0/s1. The highest BCUT2D eigenvalue weighted by atomic mass is 16.5. The molecule has 0 radical (unpaired) electrons. The number of hydrogen-bond acceptors (Lipinski definition) is 5. The molecule has 2 aromatic rings. The van der Waals surface area contributed by atoms with Crippen LogP contribution < -0.4 is 5.32 Å². The Morgan fingerprint density at radius 2 is 1.87 bits per heavy atom. The first-order valence-corrected chi connectivity index (χ1v) is 16.9. The highest BCUT2D eigenvalue weighted by molar-refractivity contribution is 6.10. The van der Waals surface area contributed by atoms with E-state index in [0.717, 1.165) is 36.8 Å². The third kappa shape index (κ3) is 7.53. The van der Waals surface area contributed by atoms with Crippen LogP contribution in [-0.4, -0.2) is 70.5 Å². The molecule has 2 fully saturated rings. The van der Waals surface area contributed by atoms with Gasteiger partial charge in [0, 0.05) is 35.7 Å². The molecular formula is C38H52N2O5. The Balaban J connectivity index is 1.57. The van der Waals surface area contributed by atoms with Gasteiger partial charge in [-0.2, -0.15) is 0 Å². The Morgan fingerprint density at radius 3 is 2.58 bits per heavy atom. The topological polar surface area (TPSA) is 99.1 Å². The van der Waals surface area contributed by atoms with Crippen molar-refractivity contribution in [2.75, 3.05) is 19.7 Å². The maximum atomic E-state index is 14.1. The first kappa shape index (κ1) is 33.4. The summed E-state index contributed by atoms with van der Waals surface area (Å²) in [5.41, 5.74) is 2.59. The van der Waals surface area contributed by atoms with Crippen LogP contribution in [-0.2, 0) is 11.2 Å². The van der Waals surface area contributed by atoms with E-state index in [1.165, 1.54) is 5.57 Å². The van der Waals surface area contributed by atoms with E-state index in [4.69, 9.17) is 4.74 Å². The number of ether oxygens (including phenoxy) is 1. The zero-order valence-corrected chi connectivity index (χ0v) is 27.6. The fourth-order valence-corrected chi connectivity index (χ4v) is 7.85. The third-order valence-electron chi connectivity index (χ3n) is 10.6. The predicted molar refractivity (Wildman–Crippen MR) is 177 cm³/mol. The molecule has 45 heavy (non-hydrogen) atoms. The van der Waals surface area contributed by atoms with Crippen LogP contribution in [0.4, 0.5) is 4.79 Å². The van der Waals surface area contributed by atoms with E-state index in [1.807, 2.05) is 56.3 Å². The quantitative estimate of drug-likeness (QED) is 0.242. The van der Waals surface area contributed by atoms with E-state index < -0.39 is 17.1 Å². The molecule has 244 valence electrons. The number of carbonyl (C=O) groups excluding carboxylic acids is 2. The van der Waals surface area contributed by atoms with Crippen LogP contribution in [0, 0.1) is 5.41 Å². The van der Waals surface area contributed by atoms with Crippen LogP contribution in [0.2, 0.25) is 0 Å². The molecule has 1 aliphatic heterocycles. The number of benzene rings is 2. The Labute approximate surface area is 269 Å². The van der Waals surface area contributed by atoms with E-state index in [-0.39, 0.29) is 36.4 Å². The van der Waals surface area contributed by atoms with Gasteiger partial charge in [0.2, 0.25) is 0 Å². The third-order valence-corrected chi connectivity index (χ3v) is 10.6. The van der Waals surface area contributed by atoms with Crippen molar-refractivity contribution in [3.8, 4) is 0 Å². The minimum Gasteiger partial charge on any atom is -0.393 e. The lowest BCUT2D eigenvalue weighted by atomic mass is 9.64. The van der Waals surface area contributed by atoms with Crippen LogP contribution in [0.25, 0.3) is 0 Å². The van der Waals surface area contributed by atoms with Crippen molar-refractivity contribution >= 4 is 11.8 Å². The fourth-order valence-electron chi connectivity index (χ4n) is 7.85. The predicted octanol–water partition coefficient (Wildman–Crippen LogP) is 6.56. The molecule has 4 aliphatic rings. The number of hydrogen-bond donors (Lipinski definition) is 3. The second kappa shape index (κ2) is 14.2. The van der Waals surface area contributed by atoms with E-state index in [9.17, 15) is 19.8 Å². The molecule has 5 atom stereocenters. The molecule has 0 unspecified atom stereocenters. The average Bonchev–Trinajstić information content (AvgIpc) is 3.61. The first-order chi connectivity index (χ1) is 21.5. The maximum absolute atomic E-state index is 14.1. The van der Waals surface area contributed by atoms with Gasteiger partial charge < -0.3 is 25.2 Å². The summed E-state index contributed by atoms with van der Waals surface area (Å²) in [5, 5.41) is 26.7. The van der Waals surface area contributed by atoms with Crippen molar-refractivity contribution in [3.05, 3.63) is 82.4 Å². The van der Waals surface area contributed by atoms with Crippen LogP contribution in [0.5, 0.6) is 0 Å². The summed E-state index contributed by atoms with van der Waals surface area (Å²) < 4.78 is 5.93. The van der Waals surface area contributed by atoms with Gasteiger partial charge in [-0.15, -0.1) is 0 Å². The Kier molecular flexibility index (Phi) is 10.5. The highest BCUT2D eigenvalue weighted by Crippen LogP contribution is 2.59. The molecule has 1 heterocycles. The van der Waals surface area contributed by atoms with Crippen LogP contribution in [0.15, 0.2) is 60.2 Å². The second-order valence-corrected chi connectivity index (χ2v) is 14.3. The molecule has 3 N–H and O–H groups in total. The van der Waals surface area contributed by atoms with Gasteiger partial charge in [0.05, 0.1) is 24.4 Å². The number of rotatable bonds is 7. The number of allylic oxidation sites excluding steroid dienone is 2. The minimum absolute atomic E-state index is 0.0305. The molecule has 7 nitrogen and oxygen atoms in total. The number of aliphatic hydroxyl groups excluding tert-OH is 1. The van der Waals surface area contributed by atoms with Gasteiger partial charge in [-0.3, -0.25) is 4.79 Å². The molecule has 6 rings (SSSR count). The number of urea groups is 1. The lowest BCUT2D eigenvalue weighted by Gasteiger charge is -2.46. The number of nitrogens with zero attached hydrogens (tertiary/aromatic N) is 1. The number of nitrogens with one attached hydrogen (secondary N) is 1. The highest BCUT2D eigenvalue weighted by Gasteiger charge is 2.57. The van der Waals surface area contributed by atoms with Gasteiger partial charge in [-0.25, -0.2) is 4.79 Å². The number of ketones is 1.